The second-order valence-corrected chi connectivity index (χ2v) is 5.77. The highest BCUT2D eigenvalue weighted by Crippen LogP contribution is 2.14. The van der Waals surface area contributed by atoms with Gasteiger partial charge in [-0.05, 0) is 38.5 Å². The molecule has 1 aromatic rings. The molecular weight excluding hydrogens is 255 g/mol. The Morgan fingerprint density at radius 1 is 1.40 bits per heavy atom. The van der Waals surface area contributed by atoms with E-state index >= 15 is 0 Å². The average molecular weight is 280 g/mol. The molecule has 0 amide bonds. The summed E-state index contributed by atoms with van der Waals surface area (Å²) in [6, 6.07) is 7.44. The summed E-state index contributed by atoms with van der Waals surface area (Å²) in [6.07, 6.45) is 0.210. The van der Waals surface area contributed by atoms with Crippen LogP contribution in [0.2, 0.25) is 0 Å². The van der Waals surface area contributed by atoms with Gasteiger partial charge in [-0.15, -0.1) is 0 Å². The Morgan fingerprint density at radius 2 is 2.20 bits per heavy atom. The molecule has 0 aliphatic carbocycles. The van der Waals surface area contributed by atoms with Crippen LogP contribution in [0.3, 0.4) is 0 Å². The lowest BCUT2D eigenvalue weighted by Gasteiger charge is -2.36. The zero-order valence-corrected chi connectivity index (χ0v) is 12.6. The van der Waals surface area contributed by atoms with E-state index in [4.69, 9.17) is 4.74 Å². The molecule has 4 heteroatoms. The highest BCUT2D eigenvalue weighted by Gasteiger charge is 2.22. The quantitative estimate of drug-likeness (QED) is 0.897. The Labute approximate surface area is 121 Å². The number of rotatable bonds is 5. The lowest BCUT2D eigenvalue weighted by Crippen LogP contribution is -2.49. The summed E-state index contributed by atoms with van der Waals surface area (Å²) in [6.45, 7) is 10.0. The van der Waals surface area contributed by atoms with Crippen molar-refractivity contribution in [1.29, 1.82) is 0 Å². The predicted octanol–water partition coefficient (Wildman–Crippen LogP) is 2.59. The van der Waals surface area contributed by atoms with Crippen molar-refractivity contribution in [3.05, 3.63) is 35.6 Å². The van der Waals surface area contributed by atoms with Crippen LogP contribution in [-0.2, 0) is 4.74 Å². The van der Waals surface area contributed by atoms with Gasteiger partial charge in [-0.2, -0.15) is 0 Å². The molecule has 2 rings (SSSR count). The predicted molar refractivity (Wildman–Crippen MR) is 79.3 cm³/mol. The Hall–Kier alpha value is -0.970. The smallest absolute Gasteiger partial charge is 0.123 e. The molecule has 1 N–H and O–H groups in total. The minimum Gasteiger partial charge on any atom is -0.374 e. The van der Waals surface area contributed by atoms with Crippen LogP contribution in [0.4, 0.5) is 4.39 Å². The minimum atomic E-state index is -0.184. The average Bonchev–Trinajstić information content (AvgIpc) is 2.45. The van der Waals surface area contributed by atoms with E-state index in [0.29, 0.717) is 6.04 Å². The van der Waals surface area contributed by atoms with Crippen molar-refractivity contribution in [3.63, 3.8) is 0 Å². The molecule has 1 aromatic carbocycles. The summed E-state index contributed by atoms with van der Waals surface area (Å²) in [7, 11) is 0. The number of halogens is 1. The highest BCUT2D eigenvalue weighted by molar-refractivity contribution is 5.19. The molecule has 1 fully saturated rings. The number of nitrogens with one attached hydrogen (secondary N) is 1. The van der Waals surface area contributed by atoms with E-state index in [9.17, 15) is 4.39 Å². The van der Waals surface area contributed by atoms with E-state index in [1.54, 1.807) is 12.1 Å². The third kappa shape index (κ3) is 4.27. The molecule has 1 saturated heterocycles. The summed E-state index contributed by atoms with van der Waals surface area (Å²) in [5.41, 5.74) is 0.974. The molecule has 1 aliphatic heterocycles. The molecule has 1 heterocycles. The van der Waals surface area contributed by atoms with Gasteiger partial charge in [0.2, 0.25) is 0 Å². The molecule has 1 aliphatic rings. The first-order valence-corrected chi connectivity index (χ1v) is 7.40. The number of nitrogens with zero attached hydrogens (tertiary/aromatic N) is 1. The normalized spacial score (nSPS) is 22.1. The molecule has 0 spiro atoms. The molecule has 0 bridgehead atoms. The van der Waals surface area contributed by atoms with E-state index in [2.05, 4.69) is 31.0 Å². The first-order valence-electron chi connectivity index (χ1n) is 7.40. The van der Waals surface area contributed by atoms with Gasteiger partial charge in [0.25, 0.3) is 0 Å². The van der Waals surface area contributed by atoms with E-state index < -0.39 is 0 Å². The second kappa shape index (κ2) is 7.16. The summed E-state index contributed by atoms with van der Waals surface area (Å²) < 4.78 is 19.0. The molecule has 0 saturated carbocycles. The topological polar surface area (TPSA) is 24.5 Å². The summed E-state index contributed by atoms with van der Waals surface area (Å²) in [4.78, 5) is 2.43. The summed E-state index contributed by atoms with van der Waals surface area (Å²) in [5, 5.41) is 3.44. The van der Waals surface area contributed by atoms with Crippen molar-refractivity contribution in [2.75, 3.05) is 26.2 Å². The minimum absolute atomic E-state index is 0.128. The standard InChI is InChI=1S/C16H25FN2O/c1-12(2)19-7-8-20-16(11-19)10-18-13(3)14-5-4-6-15(17)9-14/h4-6,9,12-13,16,18H,7-8,10-11H2,1-3H3/t13-,16?/m1/s1. The van der Waals surface area contributed by atoms with E-state index in [0.717, 1.165) is 31.8 Å². The van der Waals surface area contributed by atoms with E-state index in [1.807, 2.05) is 6.07 Å². The van der Waals surface area contributed by atoms with Crippen molar-refractivity contribution < 1.29 is 9.13 Å². The fourth-order valence-corrected chi connectivity index (χ4v) is 2.54. The summed E-state index contributed by atoms with van der Waals surface area (Å²) in [5.74, 6) is -0.184. The van der Waals surface area contributed by atoms with Crippen molar-refractivity contribution in [1.82, 2.24) is 10.2 Å². The molecule has 2 atom stereocenters. The van der Waals surface area contributed by atoms with Crippen LogP contribution < -0.4 is 5.32 Å². The number of hydrogen-bond donors (Lipinski definition) is 1. The molecule has 112 valence electrons. The van der Waals surface area contributed by atoms with E-state index in [1.165, 1.54) is 6.07 Å². The van der Waals surface area contributed by atoms with Crippen molar-refractivity contribution in [3.8, 4) is 0 Å². The summed E-state index contributed by atoms with van der Waals surface area (Å²) >= 11 is 0. The maximum absolute atomic E-state index is 13.2. The first-order chi connectivity index (χ1) is 9.56. The SMILES string of the molecule is CC(C)N1CCOC(CN[C@H](C)c2cccc(F)c2)C1. The van der Waals surface area contributed by atoms with Gasteiger partial charge in [-0.1, -0.05) is 12.1 Å². The Morgan fingerprint density at radius 3 is 2.90 bits per heavy atom. The van der Waals surface area contributed by atoms with Gasteiger partial charge in [0, 0.05) is 31.7 Å². The fraction of sp³-hybridized carbons (Fsp3) is 0.625. The molecule has 0 aromatic heterocycles. The third-order valence-electron chi connectivity index (χ3n) is 3.90. The first kappa shape index (κ1) is 15.4. The van der Waals surface area contributed by atoms with Crippen molar-refractivity contribution in [2.45, 2.75) is 39.0 Å². The van der Waals surface area contributed by atoms with Gasteiger partial charge in [0.05, 0.1) is 12.7 Å². The van der Waals surface area contributed by atoms with Gasteiger partial charge in [-0.3, -0.25) is 4.90 Å². The van der Waals surface area contributed by atoms with Crippen LogP contribution in [0.5, 0.6) is 0 Å². The van der Waals surface area contributed by atoms with Crippen LogP contribution >= 0.6 is 0 Å². The molecular formula is C16H25FN2O. The molecule has 0 radical (unpaired) electrons. The second-order valence-electron chi connectivity index (χ2n) is 5.77. The molecule has 1 unspecified atom stereocenters. The maximum atomic E-state index is 13.2. The fourth-order valence-electron chi connectivity index (χ4n) is 2.54. The Bertz CT molecular complexity index is 425. The number of ether oxygens (including phenoxy) is 1. The van der Waals surface area contributed by atoms with Gasteiger partial charge >= 0.3 is 0 Å². The van der Waals surface area contributed by atoms with Crippen molar-refractivity contribution >= 4 is 0 Å². The van der Waals surface area contributed by atoms with Crippen molar-refractivity contribution in [2.24, 2.45) is 0 Å². The monoisotopic (exact) mass is 280 g/mol. The largest absolute Gasteiger partial charge is 0.374 e. The van der Waals surface area contributed by atoms with Crippen LogP contribution in [0.1, 0.15) is 32.4 Å². The number of morpholine rings is 1. The van der Waals surface area contributed by atoms with E-state index in [-0.39, 0.29) is 18.0 Å². The van der Waals surface area contributed by atoms with Gasteiger partial charge in [0.1, 0.15) is 5.82 Å². The molecule has 20 heavy (non-hydrogen) atoms. The van der Waals surface area contributed by atoms with Gasteiger partial charge < -0.3 is 10.1 Å². The molecule has 3 nitrogen and oxygen atoms in total. The lowest BCUT2D eigenvalue weighted by molar-refractivity contribution is -0.0379. The number of benzene rings is 1. The Kier molecular flexibility index (Phi) is 5.52. The third-order valence-corrected chi connectivity index (χ3v) is 3.90. The zero-order valence-electron chi connectivity index (χ0n) is 12.6. The van der Waals surface area contributed by atoms with Crippen LogP contribution in [0.25, 0.3) is 0 Å². The van der Waals surface area contributed by atoms with Crippen LogP contribution in [-0.4, -0.2) is 43.3 Å². The zero-order chi connectivity index (χ0) is 14.5. The van der Waals surface area contributed by atoms with Gasteiger partial charge in [-0.25, -0.2) is 4.39 Å². The maximum Gasteiger partial charge on any atom is 0.123 e. The van der Waals surface area contributed by atoms with Crippen LogP contribution in [0, 0.1) is 5.82 Å². The van der Waals surface area contributed by atoms with Crippen LogP contribution in [0.15, 0.2) is 24.3 Å². The number of hydrogen-bond acceptors (Lipinski definition) is 3. The van der Waals surface area contributed by atoms with Gasteiger partial charge in [0.15, 0.2) is 0 Å². The Balaban J connectivity index is 1.82. The lowest BCUT2D eigenvalue weighted by atomic mass is 10.1. The highest BCUT2D eigenvalue weighted by atomic mass is 19.1.